The standard InChI is InChI=1S/C23H28F3N5O2/c1-11(2)31-19(7-18(29-31)12-3-20(22(27)28-8-12)33-23(24,25)26)21-16-5-13(6-17(16)21)30-9-15-4-14(30)10-32-15/h3,7-8,11,13-17,21H,4-6,9-10H2,1-2H3,(H2,27,28)/t13?,14-,15-,16-,17+,21?/m0/s1. The number of nitrogen functional groups attached to an aromatic ring is 1. The molecule has 2 N–H and O–H groups in total. The summed E-state index contributed by atoms with van der Waals surface area (Å²) in [5.74, 6) is 0.934. The molecule has 2 saturated carbocycles. The van der Waals surface area contributed by atoms with E-state index in [9.17, 15) is 13.2 Å². The van der Waals surface area contributed by atoms with E-state index < -0.39 is 12.1 Å². The van der Waals surface area contributed by atoms with Crippen molar-refractivity contribution >= 4 is 5.82 Å². The number of aromatic nitrogens is 3. The van der Waals surface area contributed by atoms with Gasteiger partial charge in [-0.3, -0.25) is 9.58 Å². The number of ether oxygens (including phenoxy) is 2. The van der Waals surface area contributed by atoms with Crippen molar-refractivity contribution in [2.24, 2.45) is 11.8 Å². The maximum atomic E-state index is 12.7. The molecule has 0 aromatic carbocycles. The Hall–Kier alpha value is -2.33. The van der Waals surface area contributed by atoms with E-state index >= 15 is 0 Å². The van der Waals surface area contributed by atoms with Crippen LogP contribution < -0.4 is 10.5 Å². The van der Waals surface area contributed by atoms with Crippen LogP contribution in [-0.4, -0.2) is 57.4 Å². The van der Waals surface area contributed by atoms with Crippen LogP contribution in [0.15, 0.2) is 18.3 Å². The predicted octanol–water partition coefficient (Wildman–Crippen LogP) is 3.97. The van der Waals surface area contributed by atoms with E-state index in [1.54, 1.807) is 0 Å². The van der Waals surface area contributed by atoms with Crippen molar-refractivity contribution in [3.05, 3.63) is 24.0 Å². The van der Waals surface area contributed by atoms with Crippen LogP contribution in [0.25, 0.3) is 11.3 Å². The van der Waals surface area contributed by atoms with Crippen LogP contribution in [0.2, 0.25) is 0 Å². The third kappa shape index (κ3) is 3.67. The predicted molar refractivity (Wildman–Crippen MR) is 115 cm³/mol. The normalized spacial score (nSPS) is 33.2. The van der Waals surface area contributed by atoms with Crippen LogP contribution >= 0.6 is 0 Å². The maximum absolute atomic E-state index is 12.7. The molecule has 33 heavy (non-hydrogen) atoms. The van der Waals surface area contributed by atoms with Gasteiger partial charge in [-0.15, -0.1) is 13.2 Å². The van der Waals surface area contributed by atoms with Crippen molar-refractivity contribution in [2.45, 2.75) is 69.6 Å². The van der Waals surface area contributed by atoms with E-state index in [-0.39, 0.29) is 11.9 Å². The molecule has 0 radical (unpaired) electrons. The molecule has 4 heterocycles. The van der Waals surface area contributed by atoms with E-state index in [0.717, 1.165) is 18.8 Å². The molecule has 10 heteroatoms. The molecule has 4 fully saturated rings. The molecular formula is C23H28F3N5O2. The van der Waals surface area contributed by atoms with E-state index in [4.69, 9.17) is 15.6 Å². The molecule has 2 aromatic rings. The molecule has 2 aliphatic heterocycles. The second-order valence-electron chi connectivity index (χ2n) is 10.2. The molecule has 6 atom stereocenters. The topological polar surface area (TPSA) is 78.4 Å². The van der Waals surface area contributed by atoms with E-state index in [2.05, 4.69) is 28.5 Å². The van der Waals surface area contributed by atoms with E-state index in [1.807, 2.05) is 10.7 Å². The zero-order valence-corrected chi connectivity index (χ0v) is 18.6. The van der Waals surface area contributed by atoms with Gasteiger partial charge in [-0.05, 0) is 57.1 Å². The summed E-state index contributed by atoms with van der Waals surface area (Å²) in [4.78, 5) is 6.57. The zero-order valence-electron chi connectivity index (χ0n) is 18.6. The van der Waals surface area contributed by atoms with Gasteiger partial charge in [0.25, 0.3) is 0 Å². The number of nitrogens with zero attached hydrogens (tertiary/aromatic N) is 4. The second kappa shape index (κ2) is 7.33. The average Bonchev–Trinajstić information content (AvgIpc) is 3.32. The van der Waals surface area contributed by atoms with Gasteiger partial charge in [0.15, 0.2) is 11.6 Å². The number of pyridine rings is 1. The number of rotatable bonds is 5. The maximum Gasteiger partial charge on any atom is 0.573 e. The Kier molecular flexibility index (Phi) is 4.72. The van der Waals surface area contributed by atoms with Gasteiger partial charge in [0, 0.05) is 48.0 Å². The minimum atomic E-state index is -4.83. The fourth-order valence-electron chi connectivity index (χ4n) is 6.41. The Bertz CT molecular complexity index is 1060. The number of hydrogen-bond donors (Lipinski definition) is 1. The number of alkyl halides is 3. The summed E-state index contributed by atoms with van der Waals surface area (Å²) in [6.45, 7) is 6.09. The Morgan fingerprint density at radius 2 is 1.91 bits per heavy atom. The smallest absolute Gasteiger partial charge is 0.402 e. The van der Waals surface area contributed by atoms with Crippen molar-refractivity contribution in [2.75, 3.05) is 18.9 Å². The molecule has 2 aromatic heterocycles. The SMILES string of the molecule is CC(C)n1nc(-c2cnc(N)c(OC(F)(F)F)c2)cc1C1[C@H]2CC(N3C[C@@H]4C[C@H]3CO4)C[C@@H]12. The molecule has 2 aliphatic carbocycles. The molecule has 2 unspecified atom stereocenters. The highest BCUT2D eigenvalue weighted by Crippen LogP contribution is 2.64. The summed E-state index contributed by atoms with van der Waals surface area (Å²) in [6, 6.07) is 4.66. The summed E-state index contributed by atoms with van der Waals surface area (Å²) in [6.07, 6.45) is 0.610. The van der Waals surface area contributed by atoms with Gasteiger partial charge in [-0.2, -0.15) is 5.10 Å². The first kappa shape index (κ1) is 21.2. The van der Waals surface area contributed by atoms with Gasteiger partial charge in [0.05, 0.1) is 18.4 Å². The molecular weight excluding hydrogens is 435 g/mol. The fourth-order valence-corrected chi connectivity index (χ4v) is 6.41. The van der Waals surface area contributed by atoms with Crippen LogP contribution in [0, 0.1) is 11.8 Å². The van der Waals surface area contributed by atoms with Gasteiger partial charge in [-0.25, -0.2) is 4.98 Å². The first-order valence-electron chi connectivity index (χ1n) is 11.7. The molecule has 0 amide bonds. The molecule has 178 valence electrons. The Morgan fingerprint density at radius 3 is 2.52 bits per heavy atom. The lowest BCUT2D eigenvalue weighted by molar-refractivity contribution is -0.274. The highest BCUT2D eigenvalue weighted by Gasteiger charge is 2.60. The van der Waals surface area contributed by atoms with Gasteiger partial charge in [0.2, 0.25) is 0 Å². The van der Waals surface area contributed by atoms with Gasteiger partial charge < -0.3 is 15.2 Å². The number of hydrogen-bond acceptors (Lipinski definition) is 6. The van der Waals surface area contributed by atoms with E-state index in [1.165, 1.54) is 31.5 Å². The fraction of sp³-hybridized carbons (Fsp3) is 0.652. The average molecular weight is 464 g/mol. The number of nitrogens with two attached hydrogens (primary N) is 1. The molecule has 2 bridgehead atoms. The van der Waals surface area contributed by atoms with Crippen molar-refractivity contribution in [3.8, 4) is 17.0 Å². The number of halogens is 3. The molecule has 6 rings (SSSR count). The van der Waals surface area contributed by atoms with Crippen molar-refractivity contribution < 1.29 is 22.6 Å². The third-order valence-electron chi connectivity index (χ3n) is 7.83. The van der Waals surface area contributed by atoms with Crippen LogP contribution in [0.4, 0.5) is 19.0 Å². The van der Waals surface area contributed by atoms with Crippen molar-refractivity contribution in [1.29, 1.82) is 0 Å². The molecule has 4 aliphatic rings. The number of anilines is 1. The van der Waals surface area contributed by atoms with Crippen molar-refractivity contribution in [3.63, 3.8) is 0 Å². The summed E-state index contributed by atoms with van der Waals surface area (Å²) in [5.41, 5.74) is 7.80. The minimum absolute atomic E-state index is 0.143. The van der Waals surface area contributed by atoms with Crippen molar-refractivity contribution in [1.82, 2.24) is 19.7 Å². The van der Waals surface area contributed by atoms with Crippen LogP contribution in [0.5, 0.6) is 5.75 Å². The number of morpholine rings is 1. The third-order valence-corrected chi connectivity index (χ3v) is 7.83. The molecule has 0 spiro atoms. The summed E-state index contributed by atoms with van der Waals surface area (Å²) >= 11 is 0. The monoisotopic (exact) mass is 463 g/mol. The van der Waals surface area contributed by atoms with Gasteiger partial charge in [-0.1, -0.05) is 0 Å². The molecule has 7 nitrogen and oxygen atoms in total. The molecule has 2 saturated heterocycles. The first-order chi connectivity index (χ1) is 15.7. The minimum Gasteiger partial charge on any atom is -0.402 e. The summed E-state index contributed by atoms with van der Waals surface area (Å²) in [5, 5.41) is 4.74. The quantitative estimate of drug-likeness (QED) is 0.723. The summed E-state index contributed by atoms with van der Waals surface area (Å²) < 4.78 is 50.0. The zero-order chi connectivity index (χ0) is 23.1. The lowest BCUT2D eigenvalue weighted by Crippen LogP contribution is -2.43. The Morgan fingerprint density at radius 1 is 1.15 bits per heavy atom. The highest BCUT2D eigenvalue weighted by molar-refractivity contribution is 5.64. The lowest BCUT2D eigenvalue weighted by Gasteiger charge is -2.33. The van der Waals surface area contributed by atoms with Gasteiger partial charge in [0.1, 0.15) is 0 Å². The lowest BCUT2D eigenvalue weighted by atomic mass is 10.0. The number of likely N-dealkylation sites (tertiary alicyclic amines) is 1. The summed E-state index contributed by atoms with van der Waals surface area (Å²) in [7, 11) is 0. The van der Waals surface area contributed by atoms with Crippen LogP contribution in [-0.2, 0) is 4.74 Å². The number of fused-ring (bicyclic) bond motifs is 3. The van der Waals surface area contributed by atoms with Gasteiger partial charge >= 0.3 is 6.36 Å². The van der Waals surface area contributed by atoms with E-state index in [0.29, 0.717) is 47.2 Å². The highest BCUT2D eigenvalue weighted by atomic mass is 19.4. The largest absolute Gasteiger partial charge is 0.573 e. The Labute approximate surface area is 190 Å². The van der Waals surface area contributed by atoms with Crippen LogP contribution in [0.3, 0.4) is 0 Å². The second-order valence-corrected chi connectivity index (χ2v) is 10.2. The van der Waals surface area contributed by atoms with Crippen LogP contribution in [0.1, 0.15) is 50.8 Å². The Balaban J connectivity index is 1.22. The first-order valence-corrected chi connectivity index (χ1v) is 11.7.